The molecule has 0 radical (unpaired) electrons. The van der Waals surface area contributed by atoms with Gasteiger partial charge in [-0.2, -0.15) is 22.7 Å². The maximum atomic E-state index is 12.9. The van der Waals surface area contributed by atoms with E-state index in [1.165, 1.54) is 23.0 Å². The molecule has 1 aromatic carbocycles. The van der Waals surface area contributed by atoms with Crippen molar-refractivity contribution < 1.29 is 13.2 Å². The molecule has 0 aliphatic carbocycles. The number of hydrogen-bond donors (Lipinski definition) is 0. The van der Waals surface area contributed by atoms with E-state index >= 15 is 0 Å². The fourth-order valence-electron chi connectivity index (χ4n) is 2.81. The molecule has 0 aliphatic heterocycles. The van der Waals surface area contributed by atoms with E-state index in [9.17, 15) is 18.0 Å². The summed E-state index contributed by atoms with van der Waals surface area (Å²) in [5.41, 5.74) is 2.40. The summed E-state index contributed by atoms with van der Waals surface area (Å²) in [6.45, 7) is 3.79. The lowest BCUT2D eigenvalue weighted by Crippen LogP contribution is -2.19. The van der Waals surface area contributed by atoms with Gasteiger partial charge in [0, 0.05) is 12.4 Å². The Hall–Kier alpha value is -3.23. The summed E-state index contributed by atoms with van der Waals surface area (Å²) in [4.78, 5) is 20.1. The average molecular weight is 359 g/mol. The summed E-state index contributed by atoms with van der Waals surface area (Å²) in [5.74, 6) is -1.51. The highest BCUT2D eigenvalue weighted by Gasteiger charge is 2.36. The van der Waals surface area contributed by atoms with E-state index < -0.39 is 17.6 Å². The summed E-state index contributed by atoms with van der Waals surface area (Å²) in [6, 6.07) is 7.23. The molecule has 0 amide bonds. The molecule has 6 nitrogen and oxygen atoms in total. The molecule has 9 heteroatoms. The fourth-order valence-corrected chi connectivity index (χ4v) is 2.81. The summed E-state index contributed by atoms with van der Waals surface area (Å²) in [7, 11) is 0. The Morgan fingerprint density at radius 1 is 1.12 bits per heavy atom. The minimum absolute atomic E-state index is 0.152. The van der Waals surface area contributed by atoms with E-state index in [2.05, 4.69) is 15.1 Å². The molecule has 26 heavy (non-hydrogen) atoms. The quantitative estimate of drug-likeness (QED) is 0.524. The summed E-state index contributed by atoms with van der Waals surface area (Å²) in [5, 5.41) is 3.61. The second-order valence-corrected chi connectivity index (χ2v) is 5.98. The second-order valence-electron chi connectivity index (χ2n) is 5.98. The Balaban J connectivity index is 2.01. The number of fused-ring (bicyclic) bond motifs is 3. The van der Waals surface area contributed by atoms with Crippen LogP contribution in [0.25, 0.3) is 22.4 Å². The van der Waals surface area contributed by atoms with Crippen LogP contribution in [-0.4, -0.2) is 24.1 Å². The predicted molar refractivity (Wildman–Crippen MR) is 88.4 cm³/mol. The van der Waals surface area contributed by atoms with Gasteiger partial charge in [-0.15, -0.1) is 5.10 Å². The Kier molecular flexibility index (Phi) is 3.36. The van der Waals surface area contributed by atoms with Gasteiger partial charge in [-0.25, -0.2) is 4.98 Å². The van der Waals surface area contributed by atoms with Crippen LogP contribution in [0.5, 0.6) is 0 Å². The van der Waals surface area contributed by atoms with Gasteiger partial charge in [-0.1, -0.05) is 12.1 Å². The Labute approximate surface area is 144 Å². The third-order valence-corrected chi connectivity index (χ3v) is 4.11. The predicted octanol–water partition coefficient (Wildman–Crippen LogP) is 3.06. The zero-order chi connectivity index (χ0) is 18.6. The van der Waals surface area contributed by atoms with Crippen molar-refractivity contribution in [3.05, 3.63) is 64.0 Å². The highest BCUT2D eigenvalue weighted by Crippen LogP contribution is 2.27. The molecule has 0 atom stereocenters. The number of alkyl halides is 3. The molecule has 3 aromatic heterocycles. The number of pyridine rings is 1. The zero-order valence-corrected chi connectivity index (χ0v) is 13.7. The van der Waals surface area contributed by atoms with Crippen molar-refractivity contribution in [2.24, 2.45) is 0 Å². The monoisotopic (exact) mass is 359 g/mol. The number of benzene rings is 1. The molecule has 0 bridgehead atoms. The van der Waals surface area contributed by atoms with Crippen LogP contribution >= 0.6 is 0 Å². The summed E-state index contributed by atoms with van der Waals surface area (Å²) >= 11 is 0. The Morgan fingerprint density at radius 3 is 2.62 bits per heavy atom. The zero-order valence-electron chi connectivity index (χ0n) is 13.7. The van der Waals surface area contributed by atoms with Gasteiger partial charge < -0.3 is 0 Å². The molecule has 0 fully saturated rings. The van der Waals surface area contributed by atoms with Crippen LogP contribution in [-0.2, 0) is 6.18 Å². The first-order valence-electron chi connectivity index (χ1n) is 7.68. The normalized spacial score (nSPS) is 12.2. The molecule has 0 saturated carbocycles. The topological polar surface area (TPSA) is 65.1 Å². The molecule has 0 unspecified atom stereocenters. The van der Waals surface area contributed by atoms with Crippen molar-refractivity contribution in [3.63, 3.8) is 0 Å². The van der Waals surface area contributed by atoms with Crippen LogP contribution in [0.15, 0.2) is 41.5 Å². The molecule has 0 aliphatic rings. The molecular weight excluding hydrogens is 347 g/mol. The van der Waals surface area contributed by atoms with Gasteiger partial charge in [0.2, 0.25) is 0 Å². The van der Waals surface area contributed by atoms with Crippen LogP contribution < -0.4 is 5.56 Å². The van der Waals surface area contributed by atoms with Gasteiger partial charge in [0.15, 0.2) is 0 Å². The molecule has 4 rings (SSSR count). The number of halogens is 3. The first kappa shape index (κ1) is 16.2. The van der Waals surface area contributed by atoms with Crippen LogP contribution in [0.3, 0.4) is 0 Å². The lowest BCUT2D eigenvalue weighted by molar-refractivity contribution is -0.144. The number of nitrogens with zero attached hydrogens (tertiary/aromatic N) is 5. The number of aromatic nitrogens is 5. The molecular formula is C17H12F3N5O. The van der Waals surface area contributed by atoms with Gasteiger partial charge in [-0.3, -0.25) is 9.36 Å². The minimum Gasteiger partial charge on any atom is -0.283 e. The van der Waals surface area contributed by atoms with Gasteiger partial charge in [0.1, 0.15) is 0 Å². The highest BCUT2D eigenvalue weighted by molar-refractivity contribution is 5.79. The van der Waals surface area contributed by atoms with Gasteiger partial charge in [0.05, 0.1) is 16.6 Å². The lowest BCUT2D eigenvalue weighted by Gasteiger charge is -2.11. The maximum absolute atomic E-state index is 12.9. The van der Waals surface area contributed by atoms with Crippen molar-refractivity contribution in [2.75, 3.05) is 0 Å². The van der Waals surface area contributed by atoms with E-state index in [1.54, 1.807) is 0 Å². The van der Waals surface area contributed by atoms with E-state index in [4.69, 9.17) is 0 Å². The van der Waals surface area contributed by atoms with E-state index in [-0.39, 0.29) is 16.7 Å². The van der Waals surface area contributed by atoms with E-state index in [1.807, 2.05) is 32.0 Å². The SMILES string of the molecule is Cc1ccc(C)c(-n2ccc3c(cnc4nc(C(F)(F)F)nn43)c2=O)c1. The van der Waals surface area contributed by atoms with Crippen molar-refractivity contribution in [2.45, 2.75) is 20.0 Å². The first-order chi connectivity index (χ1) is 12.3. The van der Waals surface area contributed by atoms with Gasteiger partial charge in [0.25, 0.3) is 17.2 Å². The van der Waals surface area contributed by atoms with Crippen molar-refractivity contribution in [1.82, 2.24) is 24.1 Å². The van der Waals surface area contributed by atoms with E-state index in [0.29, 0.717) is 5.69 Å². The molecule has 4 aromatic rings. The molecule has 3 heterocycles. The summed E-state index contributed by atoms with van der Waals surface area (Å²) < 4.78 is 40.9. The van der Waals surface area contributed by atoms with Gasteiger partial charge >= 0.3 is 6.18 Å². The number of rotatable bonds is 1. The lowest BCUT2D eigenvalue weighted by atomic mass is 10.1. The third kappa shape index (κ3) is 2.43. The van der Waals surface area contributed by atoms with Crippen molar-refractivity contribution in [1.29, 1.82) is 0 Å². The van der Waals surface area contributed by atoms with E-state index in [0.717, 1.165) is 15.6 Å². The Morgan fingerprint density at radius 2 is 1.88 bits per heavy atom. The van der Waals surface area contributed by atoms with Crippen molar-refractivity contribution in [3.8, 4) is 5.69 Å². The van der Waals surface area contributed by atoms with Crippen LogP contribution in [0.4, 0.5) is 13.2 Å². The smallest absolute Gasteiger partial charge is 0.283 e. The second kappa shape index (κ2) is 5.38. The Bertz CT molecular complexity index is 1220. The molecule has 132 valence electrons. The standard InChI is InChI=1S/C17H12F3N5O/c1-9-3-4-10(2)13(7-9)24-6-5-12-11(14(24)26)8-21-16-22-15(17(18,19)20)23-25(12)16/h3-8H,1-2H3. The van der Waals surface area contributed by atoms with Crippen LogP contribution in [0.1, 0.15) is 17.0 Å². The molecule has 0 spiro atoms. The van der Waals surface area contributed by atoms with Crippen molar-refractivity contribution >= 4 is 16.7 Å². The fraction of sp³-hybridized carbons (Fsp3) is 0.176. The minimum atomic E-state index is -4.69. The maximum Gasteiger partial charge on any atom is 0.453 e. The largest absolute Gasteiger partial charge is 0.453 e. The van der Waals surface area contributed by atoms with Crippen LogP contribution in [0, 0.1) is 13.8 Å². The van der Waals surface area contributed by atoms with Crippen LogP contribution in [0.2, 0.25) is 0 Å². The highest BCUT2D eigenvalue weighted by atomic mass is 19.4. The number of aryl methyl sites for hydroxylation is 2. The molecule has 0 N–H and O–H groups in total. The first-order valence-corrected chi connectivity index (χ1v) is 7.68. The third-order valence-electron chi connectivity index (χ3n) is 4.11. The van der Waals surface area contributed by atoms with Gasteiger partial charge in [-0.05, 0) is 37.1 Å². The molecule has 0 saturated heterocycles. The summed E-state index contributed by atoms with van der Waals surface area (Å²) in [6.07, 6.45) is -1.95. The average Bonchev–Trinajstić information content (AvgIpc) is 3.02. The number of hydrogen-bond acceptors (Lipinski definition) is 4.